The highest BCUT2D eigenvalue weighted by atomic mass is 35.5. The maximum absolute atomic E-state index is 5.67. The van der Waals surface area contributed by atoms with Crippen LogP contribution in [0.4, 0.5) is 5.69 Å². The van der Waals surface area contributed by atoms with Gasteiger partial charge in [0, 0.05) is 5.56 Å². The molecular weight excluding hydrogens is 292 g/mol. The standard InChI is InChI=1S/C19H16N2.ClH/c20-21-19-11-4-3-8-17(19)16-10-5-9-15-14-7-2-1-6-13(14)12-18(15)16;/h1-11,21H,12,20H2;1H. The van der Waals surface area contributed by atoms with Crippen molar-refractivity contribution in [1.29, 1.82) is 0 Å². The van der Waals surface area contributed by atoms with Crippen LogP contribution < -0.4 is 11.3 Å². The minimum atomic E-state index is 0. The number of para-hydroxylation sites is 1. The fourth-order valence-electron chi connectivity index (χ4n) is 3.25. The first-order valence-electron chi connectivity index (χ1n) is 7.14. The van der Waals surface area contributed by atoms with Gasteiger partial charge in [-0.2, -0.15) is 0 Å². The third-order valence-corrected chi connectivity index (χ3v) is 4.22. The predicted octanol–water partition coefficient (Wildman–Crippen LogP) is 4.63. The number of benzene rings is 3. The second kappa shape index (κ2) is 5.84. The Balaban J connectivity index is 0.00000144. The number of hydrogen-bond donors (Lipinski definition) is 2. The molecule has 2 nitrogen and oxygen atoms in total. The normalized spacial score (nSPS) is 11.3. The Morgan fingerprint density at radius 3 is 2.05 bits per heavy atom. The van der Waals surface area contributed by atoms with Gasteiger partial charge in [-0.15, -0.1) is 12.4 Å². The molecule has 0 heterocycles. The number of halogens is 1. The number of nitrogen functional groups attached to an aromatic ring is 1. The first kappa shape index (κ1) is 14.6. The molecule has 0 saturated carbocycles. The Kier molecular flexibility index (Phi) is 3.88. The van der Waals surface area contributed by atoms with Gasteiger partial charge in [-0.3, -0.25) is 5.84 Å². The lowest BCUT2D eigenvalue weighted by atomic mass is 9.95. The van der Waals surface area contributed by atoms with E-state index < -0.39 is 0 Å². The summed E-state index contributed by atoms with van der Waals surface area (Å²) in [6.45, 7) is 0. The molecule has 1 aliphatic rings. The fraction of sp³-hybridized carbons (Fsp3) is 0.0526. The number of hydrazine groups is 1. The van der Waals surface area contributed by atoms with Gasteiger partial charge in [0.2, 0.25) is 0 Å². The van der Waals surface area contributed by atoms with Crippen molar-refractivity contribution in [2.45, 2.75) is 6.42 Å². The van der Waals surface area contributed by atoms with E-state index in [0.717, 1.165) is 17.7 Å². The molecule has 0 aromatic heterocycles. The zero-order chi connectivity index (χ0) is 14.2. The van der Waals surface area contributed by atoms with E-state index >= 15 is 0 Å². The highest BCUT2D eigenvalue weighted by molar-refractivity contribution is 5.88. The molecule has 1 aliphatic carbocycles. The maximum atomic E-state index is 5.67. The van der Waals surface area contributed by atoms with Crippen LogP contribution >= 0.6 is 12.4 Å². The summed E-state index contributed by atoms with van der Waals surface area (Å²) < 4.78 is 0. The SMILES string of the molecule is Cl.NNc1ccccc1-c1cccc2c1Cc1ccccc1-2. The van der Waals surface area contributed by atoms with Crippen molar-refractivity contribution < 1.29 is 0 Å². The van der Waals surface area contributed by atoms with Crippen molar-refractivity contribution in [2.24, 2.45) is 5.84 Å². The Morgan fingerprint density at radius 2 is 1.27 bits per heavy atom. The van der Waals surface area contributed by atoms with Crippen LogP contribution in [0.5, 0.6) is 0 Å². The molecule has 0 saturated heterocycles. The molecular formula is C19H17ClN2. The van der Waals surface area contributed by atoms with E-state index in [2.05, 4.69) is 60.0 Å². The van der Waals surface area contributed by atoms with Crippen molar-refractivity contribution in [3.05, 3.63) is 77.9 Å². The highest BCUT2D eigenvalue weighted by Crippen LogP contribution is 2.42. The van der Waals surface area contributed by atoms with Crippen LogP contribution in [-0.2, 0) is 6.42 Å². The smallest absolute Gasteiger partial charge is 0.0563 e. The molecule has 0 aliphatic heterocycles. The number of nitrogens with two attached hydrogens (primary N) is 1. The molecule has 0 fully saturated rings. The third kappa shape index (κ3) is 2.17. The van der Waals surface area contributed by atoms with Gasteiger partial charge in [-0.25, -0.2) is 0 Å². The number of fused-ring (bicyclic) bond motifs is 3. The molecule has 0 unspecified atom stereocenters. The minimum absolute atomic E-state index is 0. The van der Waals surface area contributed by atoms with E-state index in [9.17, 15) is 0 Å². The Morgan fingerprint density at radius 1 is 0.682 bits per heavy atom. The predicted molar refractivity (Wildman–Crippen MR) is 95.2 cm³/mol. The van der Waals surface area contributed by atoms with Crippen molar-refractivity contribution in [1.82, 2.24) is 0 Å². The van der Waals surface area contributed by atoms with Crippen LogP contribution in [0, 0.1) is 0 Å². The summed E-state index contributed by atoms with van der Waals surface area (Å²) in [5.41, 5.74) is 11.7. The topological polar surface area (TPSA) is 38.0 Å². The zero-order valence-corrected chi connectivity index (χ0v) is 12.9. The minimum Gasteiger partial charge on any atom is -0.324 e. The van der Waals surface area contributed by atoms with Crippen LogP contribution in [0.3, 0.4) is 0 Å². The molecule has 3 aromatic carbocycles. The van der Waals surface area contributed by atoms with Gasteiger partial charge in [-0.1, -0.05) is 60.7 Å². The van der Waals surface area contributed by atoms with Gasteiger partial charge in [0.15, 0.2) is 0 Å². The summed E-state index contributed by atoms with van der Waals surface area (Å²) in [7, 11) is 0. The van der Waals surface area contributed by atoms with Gasteiger partial charge in [0.05, 0.1) is 5.69 Å². The lowest BCUT2D eigenvalue weighted by Gasteiger charge is -2.13. The van der Waals surface area contributed by atoms with Crippen LogP contribution in [0.2, 0.25) is 0 Å². The van der Waals surface area contributed by atoms with Gasteiger partial charge in [0.25, 0.3) is 0 Å². The average molecular weight is 309 g/mol. The van der Waals surface area contributed by atoms with E-state index in [0.29, 0.717) is 0 Å². The van der Waals surface area contributed by atoms with Crippen molar-refractivity contribution in [3.8, 4) is 22.3 Å². The van der Waals surface area contributed by atoms with E-state index in [1.807, 2.05) is 12.1 Å². The monoisotopic (exact) mass is 308 g/mol. The van der Waals surface area contributed by atoms with Crippen molar-refractivity contribution >= 4 is 18.1 Å². The largest absolute Gasteiger partial charge is 0.324 e. The molecule has 110 valence electrons. The molecule has 0 atom stereocenters. The zero-order valence-electron chi connectivity index (χ0n) is 12.0. The van der Waals surface area contributed by atoms with Crippen LogP contribution in [0.1, 0.15) is 11.1 Å². The average Bonchev–Trinajstić information content (AvgIpc) is 2.93. The van der Waals surface area contributed by atoms with E-state index in [-0.39, 0.29) is 12.4 Å². The summed E-state index contributed by atoms with van der Waals surface area (Å²) in [5, 5.41) is 0. The van der Waals surface area contributed by atoms with Crippen LogP contribution in [0.25, 0.3) is 22.3 Å². The maximum Gasteiger partial charge on any atom is 0.0563 e. The number of hydrogen-bond acceptors (Lipinski definition) is 2. The Hall–Kier alpha value is -2.29. The van der Waals surface area contributed by atoms with Gasteiger partial charge >= 0.3 is 0 Å². The lowest BCUT2D eigenvalue weighted by molar-refractivity contribution is 1.26. The highest BCUT2D eigenvalue weighted by Gasteiger charge is 2.21. The summed E-state index contributed by atoms with van der Waals surface area (Å²) in [5.74, 6) is 5.67. The number of anilines is 1. The summed E-state index contributed by atoms with van der Waals surface area (Å²) >= 11 is 0. The Bertz CT molecular complexity index is 827. The molecule has 0 spiro atoms. The van der Waals surface area contributed by atoms with E-state index in [1.165, 1.54) is 27.8 Å². The molecule has 0 bridgehead atoms. The molecule has 3 aromatic rings. The lowest BCUT2D eigenvalue weighted by Crippen LogP contribution is -2.08. The van der Waals surface area contributed by atoms with Crippen molar-refractivity contribution in [3.63, 3.8) is 0 Å². The van der Waals surface area contributed by atoms with Crippen LogP contribution in [0.15, 0.2) is 66.7 Å². The first-order chi connectivity index (χ1) is 10.4. The number of rotatable bonds is 2. The molecule has 0 amide bonds. The second-order valence-corrected chi connectivity index (χ2v) is 5.36. The van der Waals surface area contributed by atoms with Gasteiger partial charge in [0.1, 0.15) is 0 Å². The third-order valence-electron chi connectivity index (χ3n) is 4.22. The first-order valence-corrected chi connectivity index (χ1v) is 7.14. The molecule has 4 rings (SSSR count). The van der Waals surface area contributed by atoms with E-state index in [1.54, 1.807) is 0 Å². The second-order valence-electron chi connectivity index (χ2n) is 5.36. The van der Waals surface area contributed by atoms with Crippen LogP contribution in [-0.4, -0.2) is 0 Å². The van der Waals surface area contributed by atoms with Gasteiger partial charge < -0.3 is 5.43 Å². The fourth-order valence-corrected chi connectivity index (χ4v) is 3.25. The number of nitrogens with one attached hydrogen (secondary N) is 1. The summed E-state index contributed by atoms with van der Waals surface area (Å²) in [4.78, 5) is 0. The summed E-state index contributed by atoms with van der Waals surface area (Å²) in [6, 6.07) is 23.3. The molecule has 22 heavy (non-hydrogen) atoms. The Labute approximate surface area is 136 Å². The van der Waals surface area contributed by atoms with Gasteiger partial charge in [-0.05, 0) is 40.3 Å². The van der Waals surface area contributed by atoms with Crippen molar-refractivity contribution in [2.75, 3.05) is 5.43 Å². The molecule has 0 radical (unpaired) electrons. The quantitative estimate of drug-likeness (QED) is 0.418. The summed E-state index contributed by atoms with van der Waals surface area (Å²) in [6.07, 6.45) is 0.987. The molecule has 3 N–H and O–H groups in total. The molecule has 3 heteroatoms. The van der Waals surface area contributed by atoms with E-state index in [4.69, 9.17) is 5.84 Å².